The number of thiophene rings is 1. The fraction of sp³-hybridized carbons (Fsp3) is 0.130. The molecule has 160 valence electrons. The van der Waals surface area contributed by atoms with Crippen LogP contribution in [0.25, 0.3) is 5.69 Å². The Balaban J connectivity index is 1.39. The lowest BCUT2D eigenvalue weighted by molar-refractivity contribution is -0.120. The molecule has 0 saturated carbocycles. The molecule has 0 bridgehead atoms. The number of nitrogens with one attached hydrogen (secondary N) is 1. The van der Waals surface area contributed by atoms with Crippen LogP contribution in [0.5, 0.6) is 0 Å². The van der Waals surface area contributed by atoms with Crippen LogP contribution in [0.1, 0.15) is 10.7 Å². The maximum Gasteiger partial charge on any atom is 0.244 e. The summed E-state index contributed by atoms with van der Waals surface area (Å²) in [4.78, 5) is 27.8. The van der Waals surface area contributed by atoms with Crippen molar-refractivity contribution in [3.05, 3.63) is 82.8 Å². The highest BCUT2D eigenvalue weighted by Gasteiger charge is 2.27. The zero-order valence-electron chi connectivity index (χ0n) is 17.0. The average Bonchev–Trinajstić information content (AvgIpc) is 3.47. The monoisotopic (exact) mass is 461 g/mol. The summed E-state index contributed by atoms with van der Waals surface area (Å²) in [7, 11) is 0. The Morgan fingerprint density at radius 3 is 2.66 bits per heavy atom. The molecule has 0 fully saturated rings. The van der Waals surface area contributed by atoms with Gasteiger partial charge in [0.25, 0.3) is 0 Å². The second-order valence-corrected chi connectivity index (χ2v) is 9.13. The van der Waals surface area contributed by atoms with E-state index in [0.717, 1.165) is 11.5 Å². The van der Waals surface area contributed by atoms with Gasteiger partial charge in [-0.1, -0.05) is 48.2 Å². The minimum absolute atomic E-state index is 0.00537. The number of benzene rings is 2. The molecule has 0 saturated heterocycles. The van der Waals surface area contributed by atoms with Crippen molar-refractivity contribution >= 4 is 46.3 Å². The Bertz CT molecular complexity index is 1250. The van der Waals surface area contributed by atoms with E-state index in [9.17, 15) is 9.59 Å². The van der Waals surface area contributed by atoms with Crippen molar-refractivity contribution in [2.24, 2.45) is 0 Å². The number of carbonyl (C=O) groups excluding carboxylic acids is 2. The fourth-order valence-electron chi connectivity index (χ4n) is 3.57. The molecule has 2 aromatic heterocycles. The Morgan fingerprint density at radius 2 is 1.84 bits per heavy atom. The lowest BCUT2D eigenvalue weighted by atomic mass is 10.2. The molecule has 2 aromatic carbocycles. The van der Waals surface area contributed by atoms with E-state index < -0.39 is 0 Å². The largest absolute Gasteiger partial charge is 0.323 e. The van der Waals surface area contributed by atoms with Crippen LogP contribution >= 0.6 is 23.1 Å². The summed E-state index contributed by atoms with van der Waals surface area (Å²) in [6.07, 6.45) is 0.660. The van der Waals surface area contributed by atoms with Gasteiger partial charge in [0.15, 0.2) is 5.16 Å². The molecule has 0 atom stereocenters. The molecule has 32 heavy (non-hydrogen) atoms. The summed E-state index contributed by atoms with van der Waals surface area (Å²) in [5.41, 5.74) is 2.30. The number of hydrogen-bond donors (Lipinski definition) is 1. The molecule has 0 spiro atoms. The topological polar surface area (TPSA) is 80.1 Å². The maximum atomic E-state index is 13.1. The Hall–Kier alpha value is -3.43. The SMILES string of the molecule is O=C1CN(C(=O)CSc2nnc(Cc3cccs3)n2-c2ccccc2)c2ccccc2N1. The van der Waals surface area contributed by atoms with Crippen LogP contribution in [-0.2, 0) is 16.0 Å². The van der Waals surface area contributed by atoms with Crippen LogP contribution < -0.4 is 10.2 Å². The standard InChI is InChI=1S/C23H19N5O2S2/c29-21-14-27(19-11-5-4-10-18(19)24-21)22(30)15-32-23-26-25-20(13-17-9-6-12-31-17)28(23)16-7-2-1-3-8-16/h1-12H,13-15H2,(H,24,29). The van der Waals surface area contributed by atoms with Crippen molar-refractivity contribution in [1.82, 2.24) is 14.8 Å². The number of amides is 2. The molecule has 0 unspecified atom stereocenters. The molecule has 1 aliphatic heterocycles. The van der Waals surface area contributed by atoms with Gasteiger partial charge in [0.2, 0.25) is 11.8 Å². The van der Waals surface area contributed by atoms with E-state index >= 15 is 0 Å². The molecule has 1 aliphatic rings. The van der Waals surface area contributed by atoms with Crippen LogP contribution in [0.15, 0.2) is 77.3 Å². The predicted molar refractivity (Wildman–Crippen MR) is 127 cm³/mol. The van der Waals surface area contributed by atoms with Gasteiger partial charge in [0.05, 0.1) is 17.1 Å². The highest BCUT2D eigenvalue weighted by atomic mass is 32.2. The number of rotatable bonds is 6. The van der Waals surface area contributed by atoms with Crippen LogP contribution in [0, 0.1) is 0 Å². The molecule has 1 N–H and O–H groups in total. The Kier molecular flexibility index (Phi) is 5.74. The molecule has 0 aliphatic carbocycles. The number of para-hydroxylation sites is 3. The van der Waals surface area contributed by atoms with Gasteiger partial charge in [-0.15, -0.1) is 21.5 Å². The highest BCUT2D eigenvalue weighted by molar-refractivity contribution is 7.99. The summed E-state index contributed by atoms with van der Waals surface area (Å²) in [6, 6.07) is 21.3. The molecular weight excluding hydrogens is 442 g/mol. The summed E-state index contributed by atoms with van der Waals surface area (Å²) >= 11 is 3.00. The minimum atomic E-state index is -0.201. The van der Waals surface area contributed by atoms with E-state index in [1.54, 1.807) is 17.4 Å². The first kappa shape index (κ1) is 20.5. The third-order valence-corrected chi connectivity index (χ3v) is 6.81. The zero-order chi connectivity index (χ0) is 21.9. The molecule has 9 heteroatoms. The second kappa shape index (κ2) is 8.97. The van der Waals surface area contributed by atoms with Gasteiger partial charge < -0.3 is 10.2 Å². The van der Waals surface area contributed by atoms with Crippen LogP contribution in [-0.4, -0.2) is 38.9 Å². The van der Waals surface area contributed by atoms with Crippen LogP contribution in [0.2, 0.25) is 0 Å². The van der Waals surface area contributed by atoms with Crippen molar-refractivity contribution < 1.29 is 9.59 Å². The second-order valence-electron chi connectivity index (χ2n) is 7.16. The number of fused-ring (bicyclic) bond motifs is 1. The number of hydrogen-bond acceptors (Lipinski definition) is 6. The summed E-state index contributed by atoms with van der Waals surface area (Å²) in [6.45, 7) is 0.00537. The molecule has 5 rings (SSSR count). The molecule has 4 aromatic rings. The molecular formula is C23H19N5O2S2. The van der Waals surface area contributed by atoms with E-state index in [2.05, 4.69) is 21.6 Å². The number of anilines is 2. The predicted octanol–water partition coefficient (Wildman–Crippen LogP) is 4.00. The molecule has 0 radical (unpaired) electrons. The van der Waals surface area contributed by atoms with Crippen molar-refractivity contribution in [3.63, 3.8) is 0 Å². The third-order valence-electron chi connectivity index (χ3n) is 5.02. The van der Waals surface area contributed by atoms with Crippen LogP contribution in [0.4, 0.5) is 11.4 Å². The van der Waals surface area contributed by atoms with E-state index in [1.165, 1.54) is 21.5 Å². The van der Waals surface area contributed by atoms with Crippen LogP contribution in [0.3, 0.4) is 0 Å². The number of nitrogens with zero attached hydrogens (tertiary/aromatic N) is 4. The van der Waals surface area contributed by atoms with Gasteiger partial charge in [0, 0.05) is 17.0 Å². The molecule has 3 heterocycles. The van der Waals surface area contributed by atoms with Crippen molar-refractivity contribution in [1.29, 1.82) is 0 Å². The van der Waals surface area contributed by atoms with E-state index in [-0.39, 0.29) is 24.1 Å². The van der Waals surface area contributed by atoms with Gasteiger partial charge in [0.1, 0.15) is 12.4 Å². The molecule has 7 nitrogen and oxygen atoms in total. The van der Waals surface area contributed by atoms with Gasteiger partial charge in [-0.2, -0.15) is 0 Å². The zero-order valence-corrected chi connectivity index (χ0v) is 18.6. The fourth-order valence-corrected chi connectivity index (χ4v) is 5.12. The van der Waals surface area contributed by atoms with Crippen molar-refractivity contribution in [2.45, 2.75) is 11.6 Å². The van der Waals surface area contributed by atoms with Gasteiger partial charge in [-0.3, -0.25) is 14.2 Å². The lowest BCUT2D eigenvalue weighted by Gasteiger charge is -2.29. The Morgan fingerprint density at radius 1 is 1.03 bits per heavy atom. The minimum Gasteiger partial charge on any atom is -0.323 e. The van der Waals surface area contributed by atoms with Crippen molar-refractivity contribution in [3.8, 4) is 5.69 Å². The summed E-state index contributed by atoms with van der Waals surface area (Å²) in [5.74, 6) is 0.606. The summed E-state index contributed by atoms with van der Waals surface area (Å²) in [5, 5.41) is 14.3. The summed E-state index contributed by atoms with van der Waals surface area (Å²) < 4.78 is 1.99. The Labute approximate surface area is 193 Å². The van der Waals surface area contributed by atoms with Gasteiger partial charge in [-0.25, -0.2) is 0 Å². The number of thioether (sulfide) groups is 1. The van der Waals surface area contributed by atoms with E-state index in [0.29, 0.717) is 23.0 Å². The van der Waals surface area contributed by atoms with Gasteiger partial charge in [-0.05, 0) is 35.7 Å². The first-order chi connectivity index (χ1) is 15.7. The smallest absolute Gasteiger partial charge is 0.244 e. The molecule has 2 amide bonds. The lowest BCUT2D eigenvalue weighted by Crippen LogP contribution is -2.43. The maximum absolute atomic E-state index is 13.1. The van der Waals surface area contributed by atoms with E-state index in [4.69, 9.17) is 0 Å². The average molecular weight is 462 g/mol. The normalized spacial score (nSPS) is 13.0. The van der Waals surface area contributed by atoms with Crippen molar-refractivity contribution in [2.75, 3.05) is 22.5 Å². The third kappa shape index (κ3) is 4.17. The number of carbonyl (C=O) groups is 2. The van der Waals surface area contributed by atoms with E-state index in [1.807, 2.05) is 64.5 Å². The highest BCUT2D eigenvalue weighted by Crippen LogP contribution is 2.30. The quantitative estimate of drug-likeness (QED) is 0.439. The number of aromatic nitrogens is 3. The first-order valence-electron chi connectivity index (χ1n) is 10.0. The first-order valence-corrected chi connectivity index (χ1v) is 11.9. The van der Waals surface area contributed by atoms with Gasteiger partial charge >= 0.3 is 0 Å².